The smallest absolute Gasteiger partial charge is 0.264 e. The highest BCUT2D eigenvalue weighted by molar-refractivity contribution is 7.92. The molecule has 0 radical (unpaired) electrons. The molecule has 192 valence electrons. The van der Waals surface area contributed by atoms with Crippen LogP contribution in [0.5, 0.6) is 0 Å². The zero-order valence-corrected chi connectivity index (χ0v) is 23.5. The molecule has 7 heteroatoms. The first-order chi connectivity index (χ1) is 16.8. The Morgan fingerprint density at radius 3 is 2.44 bits per heavy atom. The van der Waals surface area contributed by atoms with E-state index in [-0.39, 0.29) is 12.4 Å². The van der Waals surface area contributed by atoms with Crippen LogP contribution in [0.4, 0.5) is 5.69 Å². The van der Waals surface area contributed by atoms with Crippen LogP contribution < -0.4 is 4.31 Å². The molecule has 36 heavy (non-hydrogen) atoms. The highest BCUT2D eigenvalue weighted by Gasteiger charge is 2.33. The van der Waals surface area contributed by atoms with Gasteiger partial charge in [0.1, 0.15) is 0 Å². The molecule has 2 aliphatic rings. The number of halogens is 2. The molecule has 1 aliphatic heterocycles. The normalized spacial score (nSPS) is 16.9. The summed E-state index contributed by atoms with van der Waals surface area (Å²) in [5.41, 5.74) is 7.72. The minimum absolute atomic E-state index is 0. The van der Waals surface area contributed by atoms with E-state index in [0.717, 1.165) is 49.9 Å². The first-order valence-corrected chi connectivity index (χ1v) is 14.3. The summed E-state index contributed by atoms with van der Waals surface area (Å²) in [4.78, 5) is 2.89. The van der Waals surface area contributed by atoms with Crippen molar-refractivity contribution in [3.8, 4) is 0 Å². The van der Waals surface area contributed by atoms with Crippen molar-refractivity contribution in [2.45, 2.75) is 57.4 Å². The molecule has 1 unspecified atom stereocenters. The van der Waals surface area contributed by atoms with Gasteiger partial charge in [-0.25, -0.2) is 8.42 Å². The van der Waals surface area contributed by atoms with Crippen molar-refractivity contribution in [3.05, 3.63) is 93.0 Å². The van der Waals surface area contributed by atoms with E-state index in [1.54, 1.807) is 16.4 Å². The lowest BCUT2D eigenvalue weighted by Gasteiger charge is -2.35. The number of anilines is 1. The van der Waals surface area contributed by atoms with E-state index >= 15 is 0 Å². The molecule has 0 saturated heterocycles. The van der Waals surface area contributed by atoms with Crippen molar-refractivity contribution in [2.75, 3.05) is 23.9 Å². The lowest BCUT2D eigenvalue weighted by molar-refractivity contribution is 0.185. The molecule has 0 saturated carbocycles. The van der Waals surface area contributed by atoms with Crippen LogP contribution in [0.1, 0.15) is 52.3 Å². The monoisotopic (exact) mass is 544 g/mol. The third-order valence-corrected chi connectivity index (χ3v) is 9.91. The number of hydrogen-bond acceptors (Lipinski definition) is 3. The summed E-state index contributed by atoms with van der Waals surface area (Å²) >= 11 is 6.28. The van der Waals surface area contributed by atoms with Gasteiger partial charge < -0.3 is 0 Å². The summed E-state index contributed by atoms with van der Waals surface area (Å²) in [6.07, 6.45) is 4.15. The predicted octanol–water partition coefficient (Wildman–Crippen LogP) is 6.82. The predicted molar refractivity (Wildman–Crippen MR) is 151 cm³/mol. The average molecular weight is 546 g/mol. The Bertz CT molecular complexity index is 1370. The highest BCUT2D eigenvalue weighted by Crippen LogP contribution is 2.41. The van der Waals surface area contributed by atoms with Gasteiger partial charge in [-0.1, -0.05) is 41.9 Å². The van der Waals surface area contributed by atoms with E-state index in [2.05, 4.69) is 23.1 Å². The molecule has 1 atom stereocenters. The molecular formula is C29H34Cl2N2O2S. The fourth-order valence-electron chi connectivity index (χ4n) is 5.76. The van der Waals surface area contributed by atoms with Crippen molar-refractivity contribution < 1.29 is 8.42 Å². The van der Waals surface area contributed by atoms with Gasteiger partial charge in [-0.15, -0.1) is 12.4 Å². The molecule has 1 aliphatic carbocycles. The second-order valence-corrected chi connectivity index (χ2v) is 12.2. The average Bonchev–Trinajstić information content (AvgIpc) is 3.26. The number of rotatable bonds is 7. The van der Waals surface area contributed by atoms with Gasteiger partial charge in [-0.3, -0.25) is 9.21 Å². The lowest BCUT2D eigenvalue weighted by Crippen LogP contribution is -2.38. The van der Waals surface area contributed by atoms with Gasteiger partial charge in [-0.2, -0.15) is 0 Å². The first-order valence-electron chi connectivity index (χ1n) is 12.5. The Labute approximate surface area is 226 Å². The van der Waals surface area contributed by atoms with Crippen LogP contribution in [-0.2, 0) is 22.9 Å². The minimum Gasteiger partial charge on any atom is -0.296 e. The molecule has 0 spiro atoms. The molecule has 0 fully saturated rings. The summed E-state index contributed by atoms with van der Waals surface area (Å²) in [6.45, 7) is 8.01. The van der Waals surface area contributed by atoms with Gasteiger partial charge in [0.2, 0.25) is 0 Å². The van der Waals surface area contributed by atoms with Gasteiger partial charge in [0, 0.05) is 30.7 Å². The maximum atomic E-state index is 14.0. The zero-order chi connectivity index (χ0) is 24.7. The quantitative estimate of drug-likeness (QED) is 0.327. The molecule has 0 amide bonds. The van der Waals surface area contributed by atoms with Crippen LogP contribution in [0.25, 0.3) is 0 Å². The number of sulfonamides is 1. The molecule has 0 bridgehead atoms. The number of hydrogen-bond donors (Lipinski definition) is 0. The summed E-state index contributed by atoms with van der Waals surface area (Å²) in [6, 6.07) is 18.4. The summed E-state index contributed by atoms with van der Waals surface area (Å²) in [7, 11) is -3.75. The summed E-state index contributed by atoms with van der Waals surface area (Å²) in [5.74, 6) is 0. The zero-order valence-electron chi connectivity index (χ0n) is 21.1. The SMILES string of the molecule is Cc1cccc(N(CCCN2CCc3cccc4c3C2CC4)S(=O)(=O)c2cc(C)c(Cl)cc2C)c1.Cl. The maximum absolute atomic E-state index is 14.0. The van der Waals surface area contributed by atoms with Crippen molar-refractivity contribution in [3.63, 3.8) is 0 Å². The fourth-order valence-corrected chi connectivity index (χ4v) is 7.77. The minimum atomic E-state index is -3.75. The van der Waals surface area contributed by atoms with Crippen LogP contribution >= 0.6 is 24.0 Å². The van der Waals surface area contributed by atoms with E-state index in [1.807, 2.05) is 45.0 Å². The summed E-state index contributed by atoms with van der Waals surface area (Å²) < 4.78 is 29.5. The second kappa shape index (κ2) is 10.7. The fraction of sp³-hybridized carbons (Fsp3) is 0.379. The first kappa shape index (κ1) is 27.0. The van der Waals surface area contributed by atoms with E-state index < -0.39 is 10.0 Å². The molecule has 3 aromatic rings. The van der Waals surface area contributed by atoms with Crippen LogP contribution in [0.3, 0.4) is 0 Å². The molecule has 0 aromatic heterocycles. The maximum Gasteiger partial charge on any atom is 0.264 e. The van der Waals surface area contributed by atoms with Crippen molar-refractivity contribution in [1.82, 2.24) is 4.90 Å². The molecule has 4 nitrogen and oxygen atoms in total. The second-order valence-electron chi connectivity index (χ2n) is 9.97. The standard InChI is InChI=1S/C29H33ClN2O2S.ClH/c1-20-7-4-10-25(17-20)32(35(33,34)28-19-21(2)26(30)18-22(28)3)15-6-14-31-16-13-24-9-5-8-23-11-12-27(31)29(23)24;/h4-5,7-10,17-19,27H,6,11-16H2,1-3H3;1H. The van der Waals surface area contributed by atoms with Crippen LogP contribution in [0, 0.1) is 20.8 Å². The Balaban J connectivity index is 0.00000304. The highest BCUT2D eigenvalue weighted by atomic mass is 35.5. The Morgan fingerprint density at radius 1 is 0.972 bits per heavy atom. The van der Waals surface area contributed by atoms with E-state index in [0.29, 0.717) is 33.8 Å². The number of nitrogens with zero attached hydrogens (tertiary/aromatic N) is 2. The third-order valence-electron chi connectivity index (χ3n) is 7.54. The Kier molecular flexibility index (Phi) is 8.06. The lowest BCUT2D eigenvalue weighted by atomic mass is 9.93. The Hall–Kier alpha value is -2.05. The molecule has 0 N–H and O–H groups in total. The van der Waals surface area contributed by atoms with Crippen LogP contribution in [0.15, 0.2) is 59.5 Å². The van der Waals surface area contributed by atoms with Crippen molar-refractivity contribution >= 4 is 39.7 Å². The number of benzene rings is 3. The largest absolute Gasteiger partial charge is 0.296 e. The van der Waals surface area contributed by atoms with Gasteiger partial charge in [0.05, 0.1) is 10.6 Å². The topological polar surface area (TPSA) is 40.6 Å². The van der Waals surface area contributed by atoms with Gasteiger partial charge in [0.25, 0.3) is 10.0 Å². The molecule has 3 aromatic carbocycles. The third kappa shape index (κ3) is 5.04. The van der Waals surface area contributed by atoms with Gasteiger partial charge >= 0.3 is 0 Å². The molecule has 5 rings (SSSR count). The number of aryl methyl sites for hydroxylation is 4. The van der Waals surface area contributed by atoms with Crippen LogP contribution in [-0.4, -0.2) is 33.0 Å². The van der Waals surface area contributed by atoms with E-state index in [9.17, 15) is 8.42 Å². The Morgan fingerprint density at radius 2 is 1.69 bits per heavy atom. The van der Waals surface area contributed by atoms with E-state index in [1.165, 1.54) is 16.7 Å². The van der Waals surface area contributed by atoms with Gasteiger partial charge in [-0.05, 0) is 104 Å². The summed E-state index contributed by atoms with van der Waals surface area (Å²) in [5, 5.41) is 0.588. The van der Waals surface area contributed by atoms with Crippen LogP contribution in [0.2, 0.25) is 5.02 Å². The molecule has 1 heterocycles. The van der Waals surface area contributed by atoms with Gasteiger partial charge in [0.15, 0.2) is 0 Å². The van der Waals surface area contributed by atoms with E-state index in [4.69, 9.17) is 11.6 Å². The van der Waals surface area contributed by atoms with Crippen molar-refractivity contribution in [1.29, 1.82) is 0 Å². The van der Waals surface area contributed by atoms with Crippen molar-refractivity contribution in [2.24, 2.45) is 0 Å². The molecular weight excluding hydrogens is 511 g/mol.